The molecule has 2 rings (SSSR count). The lowest BCUT2D eigenvalue weighted by Crippen LogP contribution is -2.65. The van der Waals surface area contributed by atoms with Crippen molar-refractivity contribution < 1.29 is 14.4 Å². The molecule has 0 spiro atoms. The summed E-state index contributed by atoms with van der Waals surface area (Å²) < 4.78 is 0.795. The number of hydrogen-bond donors (Lipinski definition) is 1. The topological polar surface area (TPSA) is 40.5 Å². The molecule has 4 heteroatoms. The van der Waals surface area contributed by atoms with Gasteiger partial charge in [-0.2, -0.15) is 0 Å². The lowest BCUT2D eigenvalue weighted by atomic mass is 10.1. The Morgan fingerprint density at radius 1 is 1.41 bits per heavy atom. The molecule has 2 heterocycles. The van der Waals surface area contributed by atoms with Crippen molar-refractivity contribution in [3.8, 4) is 0 Å². The normalized spacial score (nSPS) is 37.3. The van der Waals surface area contributed by atoms with Crippen LogP contribution in [0.1, 0.15) is 34.1 Å². The summed E-state index contributed by atoms with van der Waals surface area (Å²) in [6.07, 6.45) is 1.18. The molecular weight excluding hydrogens is 216 g/mol. The van der Waals surface area contributed by atoms with Crippen molar-refractivity contribution in [2.24, 2.45) is 0 Å². The zero-order valence-electron chi connectivity index (χ0n) is 11.4. The second-order valence-corrected chi connectivity index (χ2v) is 6.27. The molecule has 0 aromatic carbocycles. The predicted molar refractivity (Wildman–Crippen MR) is 66.8 cm³/mol. The number of hydrogen-bond acceptors (Lipinski definition) is 2. The number of quaternary nitrogens is 1. The SMILES string of the molecule is CC(C)N1C[C@H]2C[C@@H]1C[N+]2(CC(=O)O)C(C)C. The summed E-state index contributed by atoms with van der Waals surface area (Å²) in [7, 11) is 0. The number of rotatable bonds is 4. The second-order valence-electron chi connectivity index (χ2n) is 6.27. The molecule has 0 saturated carbocycles. The molecule has 0 aliphatic carbocycles. The first kappa shape index (κ1) is 12.8. The maximum atomic E-state index is 11.1. The first-order valence-electron chi connectivity index (χ1n) is 6.71. The van der Waals surface area contributed by atoms with Gasteiger partial charge in [0.25, 0.3) is 0 Å². The maximum Gasteiger partial charge on any atom is 0.359 e. The monoisotopic (exact) mass is 241 g/mol. The highest BCUT2D eigenvalue weighted by molar-refractivity contribution is 5.68. The third kappa shape index (κ3) is 1.97. The van der Waals surface area contributed by atoms with E-state index >= 15 is 0 Å². The minimum absolute atomic E-state index is 0.296. The van der Waals surface area contributed by atoms with Gasteiger partial charge in [0.05, 0.1) is 25.2 Å². The lowest BCUT2D eigenvalue weighted by molar-refractivity contribution is -0.956. The predicted octanol–water partition coefficient (Wildman–Crippen LogP) is 1.16. The van der Waals surface area contributed by atoms with Gasteiger partial charge in [-0.25, -0.2) is 4.79 Å². The Bertz CT molecular complexity index is 317. The molecule has 2 aliphatic heterocycles. The van der Waals surface area contributed by atoms with Crippen LogP contribution in [0.15, 0.2) is 0 Å². The fourth-order valence-electron chi connectivity index (χ4n) is 3.90. The van der Waals surface area contributed by atoms with Crippen LogP contribution >= 0.6 is 0 Å². The van der Waals surface area contributed by atoms with Crippen molar-refractivity contribution in [3.05, 3.63) is 0 Å². The van der Waals surface area contributed by atoms with E-state index in [9.17, 15) is 4.79 Å². The maximum absolute atomic E-state index is 11.1. The molecule has 98 valence electrons. The average Bonchev–Trinajstić information content (AvgIpc) is 2.73. The van der Waals surface area contributed by atoms with E-state index in [4.69, 9.17) is 5.11 Å². The molecule has 0 amide bonds. The van der Waals surface area contributed by atoms with E-state index in [0.717, 1.165) is 17.6 Å². The molecule has 0 radical (unpaired) electrons. The van der Waals surface area contributed by atoms with Gasteiger partial charge in [0.15, 0.2) is 6.54 Å². The van der Waals surface area contributed by atoms with Crippen molar-refractivity contribution in [1.82, 2.24) is 4.90 Å². The number of aliphatic carboxylic acids is 1. The molecular formula is C13H25N2O2+. The number of likely N-dealkylation sites (tertiary alicyclic amines) is 2. The number of piperazine rings is 1. The number of carbonyl (C=O) groups is 1. The number of carboxylic acid groups (broad SMARTS) is 1. The van der Waals surface area contributed by atoms with Gasteiger partial charge in [-0.05, 0) is 27.7 Å². The van der Waals surface area contributed by atoms with Crippen LogP contribution in [0.25, 0.3) is 0 Å². The van der Waals surface area contributed by atoms with Crippen LogP contribution in [0.3, 0.4) is 0 Å². The van der Waals surface area contributed by atoms with Gasteiger partial charge in [-0.3, -0.25) is 4.90 Å². The van der Waals surface area contributed by atoms with Gasteiger partial charge < -0.3 is 9.59 Å². The number of carboxylic acids is 1. The highest BCUT2D eigenvalue weighted by Gasteiger charge is 2.57. The van der Waals surface area contributed by atoms with Crippen LogP contribution in [0.4, 0.5) is 0 Å². The van der Waals surface area contributed by atoms with E-state index in [1.54, 1.807) is 0 Å². The first-order valence-corrected chi connectivity index (χ1v) is 6.71. The Morgan fingerprint density at radius 2 is 2.06 bits per heavy atom. The van der Waals surface area contributed by atoms with Crippen LogP contribution in [-0.4, -0.2) is 64.3 Å². The molecule has 0 aromatic heterocycles. The van der Waals surface area contributed by atoms with Crippen molar-refractivity contribution in [2.45, 2.75) is 58.3 Å². The fourth-order valence-corrected chi connectivity index (χ4v) is 3.90. The third-order valence-corrected chi connectivity index (χ3v) is 4.83. The summed E-state index contributed by atoms with van der Waals surface area (Å²) in [5.41, 5.74) is 0. The summed E-state index contributed by atoms with van der Waals surface area (Å²) in [4.78, 5) is 13.7. The van der Waals surface area contributed by atoms with Gasteiger partial charge in [0.2, 0.25) is 0 Å². The van der Waals surface area contributed by atoms with Crippen LogP contribution in [0.5, 0.6) is 0 Å². The number of fused-ring (bicyclic) bond motifs is 2. The Morgan fingerprint density at radius 3 is 2.41 bits per heavy atom. The summed E-state index contributed by atoms with van der Waals surface area (Å²) in [6.45, 7) is 11.2. The standard InChI is InChI=1S/C13H24N2O2/c1-9(2)14-6-12-5-11(14)7-15(12,10(3)4)8-13(16)17/h9-12H,5-8H2,1-4H3/p+1/t11-,12-,15?/m1/s1. The molecule has 1 unspecified atom stereocenters. The molecule has 2 aliphatic rings. The largest absolute Gasteiger partial charge is 0.477 e. The van der Waals surface area contributed by atoms with E-state index in [2.05, 4.69) is 32.6 Å². The van der Waals surface area contributed by atoms with Gasteiger partial charge >= 0.3 is 5.97 Å². The molecule has 3 atom stereocenters. The van der Waals surface area contributed by atoms with Crippen molar-refractivity contribution in [1.29, 1.82) is 0 Å². The fraction of sp³-hybridized carbons (Fsp3) is 0.923. The highest BCUT2D eigenvalue weighted by atomic mass is 16.4. The Labute approximate surface area is 104 Å². The summed E-state index contributed by atoms with van der Waals surface area (Å²) in [5.74, 6) is -0.651. The van der Waals surface area contributed by atoms with Crippen molar-refractivity contribution >= 4 is 5.97 Å². The van der Waals surface area contributed by atoms with E-state index in [0.29, 0.717) is 30.7 Å². The first-order chi connectivity index (χ1) is 7.86. The summed E-state index contributed by atoms with van der Waals surface area (Å²) in [5, 5.41) is 9.16. The summed E-state index contributed by atoms with van der Waals surface area (Å²) in [6, 6.07) is 2.12. The average molecular weight is 241 g/mol. The second kappa shape index (κ2) is 4.25. The third-order valence-electron chi connectivity index (χ3n) is 4.83. The smallest absolute Gasteiger partial charge is 0.359 e. The van der Waals surface area contributed by atoms with Crippen LogP contribution in [0, 0.1) is 0 Å². The van der Waals surface area contributed by atoms with E-state index in [1.165, 1.54) is 6.42 Å². The van der Waals surface area contributed by atoms with Crippen LogP contribution in [-0.2, 0) is 4.79 Å². The molecule has 0 aromatic rings. The van der Waals surface area contributed by atoms with E-state index < -0.39 is 5.97 Å². The van der Waals surface area contributed by atoms with Gasteiger partial charge in [0.1, 0.15) is 6.04 Å². The zero-order chi connectivity index (χ0) is 12.8. The van der Waals surface area contributed by atoms with Crippen molar-refractivity contribution in [3.63, 3.8) is 0 Å². The zero-order valence-corrected chi connectivity index (χ0v) is 11.4. The Hall–Kier alpha value is -0.610. The number of nitrogens with zero attached hydrogens (tertiary/aromatic N) is 2. The molecule has 2 saturated heterocycles. The summed E-state index contributed by atoms with van der Waals surface area (Å²) >= 11 is 0. The molecule has 2 bridgehead atoms. The highest BCUT2D eigenvalue weighted by Crippen LogP contribution is 2.39. The lowest BCUT2D eigenvalue weighted by Gasteiger charge is -2.47. The molecule has 4 nitrogen and oxygen atoms in total. The molecule has 2 fully saturated rings. The van der Waals surface area contributed by atoms with Crippen molar-refractivity contribution in [2.75, 3.05) is 19.6 Å². The van der Waals surface area contributed by atoms with Crippen LogP contribution < -0.4 is 0 Å². The van der Waals surface area contributed by atoms with Gasteiger partial charge in [-0.1, -0.05) is 0 Å². The van der Waals surface area contributed by atoms with E-state index in [-0.39, 0.29) is 0 Å². The molecule has 17 heavy (non-hydrogen) atoms. The minimum atomic E-state index is -0.651. The molecule has 1 N–H and O–H groups in total. The Balaban J connectivity index is 2.17. The van der Waals surface area contributed by atoms with Crippen LogP contribution in [0.2, 0.25) is 0 Å². The Kier molecular flexibility index (Phi) is 3.21. The quantitative estimate of drug-likeness (QED) is 0.751. The van der Waals surface area contributed by atoms with Gasteiger partial charge in [-0.15, -0.1) is 0 Å². The minimum Gasteiger partial charge on any atom is -0.477 e. The van der Waals surface area contributed by atoms with E-state index in [1.807, 2.05) is 0 Å². The van der Waals surface area contributed by atoms with Gasteiger partial charge in [0, 0.05) is 12.5 Å².